The molecule has 98 valence electrons. The van der Waals surface area contributed by atoms with Crippen LogP contribution in [-0.2, 0) is 4.79 Å². The quantitative estimate of drug-likeness (QED) is 0.815. The van der Waals surface area contributed by atoms with Crippen LogP contribution in [0, 0.1) is 5.92 Å². The molecule has 17 heavy (non-hydrogen) atoms. The van der Waals surface area contributed by atoms with Crippen molar-refractivity contribution in [3.8, 4) is 0 Å². The van der Waals surface area contributed by atoms with E-state index in [1.165, 1.54) is 18.6 Å². The fraction of sp³-hybridized carbons (Fsp3) is 0.917. The van der Waals surface area contributed by atoms with E-state index >= 15 is 0 Å². The molecule has 0 aromatic heterocycles. The summed E-state index contributed by atoms with van der Waals surface area (Å²) < 4.78 is 0. The third kappa shape index (κ3) is 4.07. The van der Waals surface area contributed by atoms with Gasteiger partial charge in [-0.05, 0) is 25.3 Å². The van der Waals surface area contributed by atoms with E-state index in [1.807, 2.05) is 11.8 Å². The minimum Gasteiger partial charge on any atom is -0.354 e. The predicted octanol–water partition coefficient (Wildman–Crippen LogP) is 1.34. The van der Waals surface area contributed by atoms with Gasteiger partial charge in [0, 0.05) is 29.8 Å². The normalized spacial score (nSPS) is 34.3. The molecule has 1 amide bonds. The van der Waals surface area contributed by atoms with Crippen LogP contribution >= 0.6 is 23.5 Å². The van der Waals surface area contributed by atoms with Gasteiger partial charge >= 0.3 is 0 Å². The first-order valence-corrected chi connectivity index (χ1v) is 8.68. The van der Waals surface area contributed by atoms with Gasteiger partial charge in [0.1, 0.15) is 0 Å². The second kappa shape index (κ2) is 6.90. The van der Waals surface area contributed by atoms with Crippen molar-refractivity contribution in [2.45, 2.75) is 31.1 Å². The molecule has 0 radical (unpaired) electrons. The highest BCUT2D eigenvalue weighted by Gasteiger charge is 2.25. The number of piperidine rings is 1. The summed E-state index contributed by atoms with van der Waals surface area (Å²) in [6.07, 6.45) is 2.54. The van der Waals surface area contributed by atoms with E-state index < -0.39 is 0 Å². The van der Waals surface area contributed by atoms with Crippen LogP contribution in [0.3, 0.4) is 0 Å². The van der Waals surface area contributed by atoms with Crippen LogP contribution in [0.2, 0.25) is 0 Å². The lowest BCUT2D eigenvalue weighted by Gasteiger charge is -2.31. The van der Waals surface area contributed by atoms with Gasteiger partial charge in [-0.2, -0.15) is 11.8 Å². The Labute approximate surface area is 112 Å². The Kier molecular flexibility index (Phi) is 5.50. The van der Waals surface area contributed by atoms with Gasteiger partial charge in [0.2, 0.25) is 5.91 Å². The Hall–Kier alpha value is 0.130. The summed E-state index contributed by atoms with van der Waals surface area (Å²) in [5.41, 5.74) is 0. The second-order valence-electron chi connectivity index (χ2n) is 4.86. The molecule has 2 saturated heterocycles. The van der Waals surface area contributed by atoms with Gasteiger partial charge in [0.25, 0.3) is 0 Å². The topological polar surface area (TPSA) is 41.1 Å². The molecule has 2 aliphatic rings. The first-order valence-electron chi connectivity index (χ1n) is 6.48. The highest BCUT2D eigenvalue weighted by atomic mass is 32.2. The van der Waals surface area contributed by atoms with E-state index in [2.05, 4.69) is 17.6 Å². The molecular formula is C12H22N2OS2. The van der Waals surface area contributed by atoms with Crippen LogP contribution in [0.1, 0.15) is 19.8 Å². The third-order valence-corrected chi connectivity index (χ3v) is 6.29. The fourth-order valence-corrected chi connectivity index (χ4v) is 4.93. The van der Waals surface area contributed by atoms with Crippen molar-refractivity contribution in [1.82, 2.24) is 10.6 Å². The molecule has 0 aliphatic carbocycles. The number of carbonyl (C=O) groups is 1. The van der Waals surface area contributed by atoms with E-state index in [9.17, 15) is 4.79 Å². The zero-order valence-corrected chi connectivity index (χ0v) is 12.0. The molecule has 5 heteroatoms. The SMILES string of the molecule is C[C@@H]1CCCN[C@@H]1CNC(=O)[C@H]1CSCCS1. The van der Waals surface area contributed by atoms with Crippen LogP contribution in [0.4, 0.5) is 0 Å². The number of thioether (sulfide) groups is 2. The Morgan fingerprint density at radius 3 is 3.06 bits per heavy atom. The van der Waals surface area contributed by atoms with Crippen molar-refractivity contribution in [3.63, 3.8) is 0 Å². The molecule has 0 unspecified atom stereocenters. The first-order chi connectivity index (χ1) is 8.27. The highest BCUT2D eigenvalue weighted by molar-refractivity contribution is 8.07. The molecule has 2 heterocycles. The minimum atomic E-state index is 0.174. The molecule has 2 aliphatic heterocycles. The van der Waals surface area contributed by atoms with E-state index in [0.29, 0.717) is 12.0 Å². The summed E-state index contributed by atoms with van der Waals surface area (Å²) in [5, 5.41) is 6.79. The van der Waals surface area contributed by atoms with Crippen molar-refractivity contribution >= 4 is 29.4 Å². The zero-order chi connectivity index (χ0) is 12.1. The van der Waals surface area contributed by atoms with Gasteiger partial charge in [-0.3, -0.25) is 4.79 Å². The van der Waals surface area contributed by atoms with E-state index in [0.717, 1.165) is 24.6 Å². The van der Waals surface area contributed by atoms with Gasteiger partial charge in [0.15, 0.2) is 0 Å². The highest BCUT2D eigenvalue weighted by Crippen LogP contribution is 2.24. The lowest BCUT2D eigenvalue weighted by molar-refractivity contribution is -0.120. The number of rotatable bonds is 3. The Balaban J connectivity index is 1.71. The van der Waals surface area contributed by atoms with Crippen molar-refractivity contribution in [2.24, 2.45) is 5.92 Å². The molecule has 0 aromatic rings. The van der Waals surface area contributed by atoms with Crippen molar-refractivity contribution in [3.05, 3.63) is 0 Å². The molecule has 0 spiro atoms. The summed E-state index contributed by atoms with van der Waals surface area (Å²) in [4.78, 5) is 12.0. The molecule has 0 bridgehead atoms. The van der Waals surface area contributed by atoms with Gasteiger partial charge < -0.3 is 10.6 Å². The number of hydrogen-bond donors (Lipinski definition) is 2. The van der Waals surface area contributed by atoms with Gasteiger partial charge in [0.05, 0.1) is 5.25 Å². The molecule has 2 N–H and O–H groups in total. The van der Waals surface area contributed by atoms with Crippen LogP contribution in [-0.4, -0.2) is 47.5 Å². The van der Waals surface area contributed by atoms with Gasteiger partial charge in [-0.1, -0.05) is 6.92 Å². The first kappa shape index (κ1) is 13.6. The van der Waals surface area contributed by atoms with E-state index in [-0.39, 0.29) is 11.2 Å². The van der Waals surface area contributed by atoms with Crippen LogP contribution in [0.15, 0.2) is 0 Å². The average molecular weight is 274 g/mol. The van der Waals surface area contributed by atoms with Crippen LogP contribution < -0.4 is 10.6 Å². The molecule has 0 aromatic carbocycles. The second-order valence-corrected chi connectivity index (χ2v) is 7.32. The zero-order valence-electron chi connectivity index (χ0n) is 10.4. The summed E-state index contributed by atoms with van der Waals surface area (Å²) in [6.45, 7) is 4.16. The predicted molar refractivity (Wildman–Crippen MR) is 76.8 cm³/mol. The lowest BCUT2D eigenvalue weighted by atomic mass is 9.93. The maximum absolute atomic E-state index is 12.0. The number of hydrogen-bond acceptors (Lipinski definition) is 4. The van der Waals surface area contributed by atoms with Crippen molar-refractivity contribution in [1.29, 1.82) is 0 Å². The van der Waals surface area contributed by atoms with Crippen LogP contribution in [0.5, 0.6) is 0 Å². The van der Waals surface area contributed by atoms with E-state index in [1.54, 1.807) is 11.8 Å². The monoisotopic (exact) mass is 274 g/mol. The van der Waals surface area contributed by atoms with Crippen molar-refractivity contribution < 1.29 is 4.79 Å². The smallest absolute Gasteiger partial charge is 0.234 e. The summed E-state index contributed by atoms with van der Waals surface area (Å²) in [6, 6.07) is 0.467. The largest absolute Gasteiger partial charge is 0.354 e. The lowest BCUT2D eigenvalue weighted by Crippen LogP contribution is -2.49. The summed E-state index contributed by atoms with van der Waals surface area (Å²) >= 11 is 3.70. The number of nitrogens with one attached hydrogen (secondary N) is 2. The maximum Gasteiger partial charge on any atom is 0.234 e. The standard InChI is InChI=1S/C12H22N2OS2/c1-9-3-2-4-13-10(9)7-14-12(15)11-8-16-5-6-17-11/h9-11,13H,2-8H2,1H3,(H,14,15)/t9-,10-,11-/m1/s1. The van der Waals surface area contributed by atoms with Crippen molar-refractivity contribution in [2.75, 3.05) is 30.3 Å². The molecule has 3 atom stereocenters. The number of carbonyl (C=O) groups excluding carboxylic acids is 1. The fourth-order valence-electron chi connectivity index (χ4n) is 2.35. The third-order valence-electron chi connectivity index (χ3n) is 3.53. The maximum atomic E-state index is 12.0. The molecule has 2 rings (SSSR count). The Morgan fingerprint density at radius 2 is 2.35 bits per heavy atom. The minimum absolute atomic E-state index is 0.174. The summed E-state index contributed by atoms with van der Waals surface area (Å²) in [7, 11) is 0. The van der Waals surface area contributed by atoms with Crippen LogP contribution in [0.25, 0.3) is 0 Å². The van der Waals surface area contributed by atoms with Gasteiger partial charge in [-0.15, -0.1) is 11.8 Å². The number of amides is 1. The average Bonchev–Trinajstić information content (AvgIpc) is 2.38. The van der Waals surface area contributed by atoms with Gasteiger partial charge in [-0.25, -0.2) is 0 Å². The Morgan fingerprint density at radius 1 is 1.47 bits per heavy atom. The molecular weight excluding hydrogens is 252 g/mol. The Bertz CT molecular complexity index is 257. The summed E-state index contributed by atoms with van der Waals surface area (Å²) in [5.74, 6) is 4.19. The molecule has 2 fully saturated rings. The van der Waals surface area contributed by atoms with E-state index in [4.69, 9.17) is 0 Å². The molecule has 3 nitrogen and oxygen atoms in total. The molecule has 0 saturated carbocycles.